The second-order valence-electron chi connectivity index (χ2n) is 6.82. The lowest BCUT2D eigenvalue weighted by Gasteiger charge is -2.20. The van der Waals surface area contributed by atoms with Gasteiger partial charge in [-0.15, -0.1) is 0 Å². The maximum atomic E-state index is 12.5. The number of hydrazone groups is 1. The number of carbonyl (C=O) groups is 1. The van der Waals surface area contributed by atoms with E-state index in [9.17, 15) is 10.1 Å². The third-order valence-corrected chi connectivity index (χ3v) is 5.02. The van der Waals surface area contributed by atoms with Gasteiger partial charge in [0.25, 0.3) is 0 Å². The summed E-state index contributed by atoms with van der Waals surface area (Å²) >= 11 is 0. The third-order valence-electron chi connectivity index (χ3n) is 5.02. The molecular weight excluding hydrogens is 356 g/mol. The molecule has 2 aliphatic rings. The topological polar surface area (TPSA) is 101 Å². The van der Waals surface area contributed by atoms with Crippen LogP contribution in [-0.2, 0) is 11.2 Å². The first-order valence-electron chi connectivity index (χ1n) is 9.11. The molecule has 2 heterocycles. The van der Waals surface area contributed by atoms with Gasteiger partial charge in [-0.2, -0.15) is 10.4 Å². The molecule has 1 amide bonds. The number of nitrogens with two attached hydrogens (primary N) is 1. The van der Waals surface area contributed by atoms with E-state index in [0.717, 1.165) is 22.3 Å². The summed E-state index contributed by atoms with van der Waals surface area (Å²) in [5.74, 6) is 1.06. The lowest BCUT2D eigenvalue weighted by Crippen LogP contribution is -2.36. The van der Waals surface area contributed by atoms with Gasteiger partial charge in [-0.25, -0.2) is 5.01 Å². The Kier molecular flexibility index (Phi) is 4.40. The number of ether oxygens (including phenoxy) is 2. The average molecular weight is 376 g/mol. The number of nitrogen functional groups attached to an aromatic ring is 1. The smallest absolute Gasteiger partial charge is 0.243 e. The Labute approximate surface area is 163 Å². The summed E-state index contributed by atoms with van der Waals surface area (Å²) in [4.78, 5) is 12.5. The van der Waals surface area contributed by atoms with Crippen molar-refractivity contribution in [2.45, 2.75) is 32.7 Å². The van der Waals surface area contributed by atoms with Gasteiger partial charge in [-0.3, -0.25) is 4.79 Å². The van der Waals surface area contributed by atoms with Crippen LogP contribution in [0.4, 0.5) is 5.69 Å². The molecule has 0 aliphatic carbocycles. The highest BCUT2D eigenvalue weighted by molar-refractivity contribution is 6.14. The number of aryl methyl sites for hydroxylation is 1. The van der Waals surface area contributed by atoms with E-state index in [-0.39, 0.29) is 19.1 Å². The summed E-state index contributed by atoms with van der Waals surface area (Å²) in [6.45, 7) is 3.84. The summed E-state index contributed by atoms with van der Waals surface area (Å²) in [6.07, 6.45) is 0.615. The van der Waals surface area contributed by atoms with Crippen LogP contribution in [0.5, 0.6) is 11.5 Å². The highest BCUT2D eigenvalue weighted by Gasteiger charge is 2.31. The Morgan fingerprint density at radius 1 is 1.32 bits per heavy atom. The molecule has 1 unspecified atom stereocenters. The molecule has 7 heteroatoms. The van der Waals surface area contributed by atoms with Crippen LogP contribution in [-0.4, -0.2) is 29.5 Å². The monoisotopic (exact) mass is 376 g/mol. The van der Waals surface area contributed by atoms with Gasteiger partial charge >= 0.3 is 0 Å². The van der Waals surface area contributed by atoms with Crippen molar-refractivity contribution >= 4 is 17.3 Å². The number of amides is 1. The summed E-state index contributed by atoms with van der Waals surface area (Å²) in [5.41, 5.74) is 10.7. The number of nitriles is 1. The molecule has 0 saturated heterocycles. The van der Waals surface area contributed by atoms with Crippen LogP contribution >= 0.6 is 0 Å². The van der Waals surface area contributed by atoms with Gasteiger partial charge in [-0.1, -0.05) is 13.0 Å². The minimum absolute atomic E-state index is 0.161. The molecule has 2 aromatic rings. The zero-order valence-corrected chi connectivity index (χ0v) is 15.7. The van der Waals surface area contributed by atoms with Crippen molar-refractivity contribution in [1.82, 2.24) is 5.01 Å². The zero-order chi connectivity index (χ0) is 19.8. The van der Waals surface area contributed by atoms with Gasteiger partial charge in [0.1, 0.15) is 6.04 Å². The Morgan fingerprint density at radius 3 is 2.75 bits per heavy atom. The first-order valence-corrected chi connectivity index (χ1v) is 9.11. The third kappa shape index (κ3) is 2.93. The molecule has 0 aromatic heterocycles. The van der Waals surface area contributed by atoms with Crippen molar-refractivity contribution in [1.29, 1.82) is 5.26 Å². The molecule has 7 nitrogen and oxygen atoms in total. The van der Waals surface area contributed by atoms with E-state index < -0.39 is 6.04 Å². The normalized spacial score (nSPS) is 17.4. The van der Waals surface area contributed by atoms with Gasteiger partial charge in [0.05, 0.1) is 11.8 Å². The number of hydrogen-bond donors (Lipinski definition) is 1. The largest absolute Gasteiger partial charge is 0.454 e. The van der Waals surface area contributed by atoms with Crippen LogP contribution in [0.25, 0.3) is 0 Å². The molecule has 0 radical (unpaired) electrons. The lowest BCUT2D eigenvalue weighted by molar-refractivity contribution is -0.132. The van der Waals surface area contributed by atoms with E-state index >= 15 is 0 Å². The first-order chi connectivity index (χ1) is 13.5. The molecule has 28 heavy (non-hydrogen) atoms. The molecule has 2 aromatic carbocycles. The van der Waals surface area contributed by atoms with Crippen molar-refractivity contribution in [2.24, 2.45) is 5.10 Å². The number of benzene rings is 2. The maximum absolute atomic E-state index is 12.5. The molecule has 142 valence electrons. The summed E-state index contributed by atoms with van der Waals surface area (Å²) in [7, 11) is 0. The van der Waals surface area contributed by atoms with E-state index in [2.05, 4.69) is 11.2 Å². The van der Waals surface area contributed by atoms with E-state index in [0.29, 0.717) is 29.3 Å². The fourth-order valence-electron chi connectivity index (χ4n) is 3.43. The Bertz CT molecular complexity index is 1040. The number of fused-ring (bicyclic) bond motifs is 2. The van der Waals surface area contributed by atoms with Crippen molar-refractivity contribution in [3.63, 3.8) is 0 Å². The van der Waals surface area contributed by atoms with E-state index in [1.807, 2.05) is 37.3 Å². The van der Waals surface area contributed by atoms with Crippen molar-refractivity contribution in [2.75, 3.05) is 12.5 Å². The SMILES string of the molecule is CCC(=O)N1N=C(c2ccc(N)c(C)c2)c2cc3c(cc2CC1C#N)OCO3. The molecule has 0 spiro atoms. The Balaban J connectivity index is 1.95. The second kappa shape index (κ2) is 6.89. The molecule has 0 fully saturated rings. The van der Waals surface area contributed by atoms with Crippen LogP contribution in [0, 0.1) is 18.3 Å². The molecule has 2 aliphatic heterocycles. The lowest BCUT2D eigenvalue weighted by atomic mass is 9.93. The van der Waals surface area contributed by atoms with Crippen LogP contribution in [0.3, 0.4) is 0 Å². The zero-order valence-electron chi connectivity index (χ0n) is 15.7. The number of rotatable bonds is 2. The number of hydrogen-bond acceptors (Lipinski definition) is 6. The highest BCUT2D eigenvalue weighted by Crippen LogP contribution is 2.37. The van der Waals surface area contributed by atoms with Crippen LogP contribution in [0.2, 0.25) is 0 Å². The predicted molar refractivity (Wildman–Crippen MR) is 104 cm³/mol. The van der Waals surface area contributed by atoms with Crippen molar-refractivity contribution < 1.29 is 14.3 Å². The Morgan fingerprint density at radius 2 is 2.07 bits per heavy atom. The number of anilines is 1. The number of carbonyl (C=O) groups excluding carboxylic acids is 1. The van der Waals surface area contributed by atoms with Crippen LogP contribution in [0.15, 0.2) is 35.4 Å². The molecule has 0 bridgehead atoms. The molecule has 0 saturated carbocycles. The minimum atomic E-state index is -0.695. The number of nitrogens with zero attached hydrogens (tertiary/aromatic N) is 3. The quantitative estimate of drug-likeness (QED) is 0.812. The van der Waals surface area contributed by atoms with E-state index in [4.69, 9.17) is 15.2 Å². The van der Waals surface area contributed by atoms with E-state index in [1.165, 1.54) is 5.01 Å². The van der Waals surface area contributed by atoms with Crippen molar-refractivity contribution in [3.8, 4) is 17.6 Å². The fraction of sp³-hybridized carbons (Fsp3) is 0.286. The van der Waals surface area contributed by atoms with Gasteiger partial charge < -0.3 is 15.2 Å². The van der Waals surface area contributed by atoms with Crippen molar-refractivity contribution in [3.05, 3.63) is 52.6 Å². The summed E-state index contributed by atoms with van der Waals surface area (Å²) < 4.78 is 11.0. The van der Waals surface area contributed by atoms with E-state index in [1.54, 1.807) is 6.92 Å². The molecule has 4 rings (SSSR count). The van der Waals surface area contributed by atoms with Crippen LogP contribution < -0.4 is 15.2 Å². The molecule has 1 atom stereocenters. The Hall–Kier alpha value is -3.53. The average Bonchev–Trinajstić information content (AvgIpc) is 3.09. The summed E-state index contributed by atoms with van der Waals surface area (Å²) in [5, 5.41) is 15.6. The maximum Gasteiger partial charge on any atom is 0.243 e. The predicted octanol–water partition coefficient (Wildman–Crippen LogP) is 2.75. The standard InChI is InChI=1S/C21H20N4O3/c1-3-20(26)25-15(10-22)7-14-8-18-19(28-11-27-18)9-16(14)21(24-25)13-4-5-17(23)12(2)6-13/h4-6,8-9,15H,3,7,11,23H2,1-2H3. The second-order valence-corrected chi connectivity index (χ2v) is 6.82. The van der Waals surface area contributed by atoms with Gasteiger partial charge in [0.15, 0.2) is 11.5 Å². The summed E-state index contributed by atoms with van der Waals surface area (Å²) in [6, 6.07) is 10.9. The molecular formula is C21H20N4O3. The van der Waals surface area contributed by atoms with Gasteiger partial charge in [0, 0.05) is 29.7 Å². The first kappa shape index (κ1) is 17.9. The fourth-order valence-corrected chi connectivity index (χ4v) is 3.43. The van der Waals surface area contributed by atoms with Crippen LogP contribution in [0.1, 0.15) is 35.6 Å². The molecule has 2 N–H and O–H groups in total. The highest BCUT2D eigenvalue weighted by atomic mass is 16.7. The van der Waals surface area contributed by atoms with Gasteiger partial charge in [0.2, 0.25) is 12.7 Å². The van der Waals surface area contributed by atoms with Gasteiger partial charge in [-0.05, 0) is 42.3 Å². The minimum Gasteiger partial charge on any atom is -0.454 e.